The number of nitrogens with zero attached hydrogens (tertiary/aromatic N) is 2. The van der Waals surface area contributed by atoms with E-state index in [9.17, 15) is 28.1 Å². The largest absolute Gasteiger partial charge is 0.493 e. The Kier molecular flexibility index (Phi) is 18.5. The first-order valence-electron chi connectivity index (χ1n) is 19.8. The summed E-state index contributed by atoms with van der Waals surface area (Å²) in [6.07, 6.45) is 3.22. The lowest BCUT2D eigenvalue weighted by Gasteiger charge is -2.27. The van der Waals surface area contributed by atoms with Gasteiger partial charge in [0.1, 0.15) is 12.4 Å². The van der Waals surface area contributed by atoms with Crippen molar-refractivity contribution in [1.82, 2.24) is 14.9 Å². The van der Waals surface area contributed by atoms with Crippen LogP contribution in [-0.2, 0) is 38.8 Å². The summed E-state index contributed by atoms with van der Waals surface area (Å²) >= 11 is 0. The zero-order chi connectivity index (χ0) is 42.6. The minimum absolute atomic E-state index is 0.00583. The molecule has 2 amide bonds. The van der Waals surface area contributed by atoms with Crippen LogP contribution in [0.25, 0.3) is 0 Å². The molecule has 0 aliphatic heterocycles. The van der Waals surface area contributed by atoms with Crippen molar-refractivity contribution in [2.24, 2.45) is 5.92 Å². The van der Waals surface area contributed by atoms with E-state index in [2.05, 4.69) is 16.7 Å². The first-order chi connectivity index (χ1) is 28.4. The van der Waals surface area contributed by atoms with E-state index >= 15 is 0 Å². The minimum Gasteiger partial charge on any atom is -0.493 e. The second-order valence-corrected chi connectivity index (χ2v) is 16.4. The van der Waals surface area contributed by atoms with Gasteiger partial charge in [0.05, 0.1) is 37.2 Å². The highest BCUT2D eigenvalue weighted by Crippen LogP contribution is 2.28. The number of ether oxygens (including phenoxy) is 4. The summed E-state index contributed by atoms with van der Waals surface area (Å²) in [5.74, 6) is 1.95. The van der Waals surface area contributed by atoms with E-state index in [-0.39, 0.29) is 54.9 Å². The van der Waals surface area contributed by atoms with Crippen molar-refractivity contribution >= 4 is 27.7 Å². The Morgan fingerprint density at radius 3 is 2.19 bits per heavy atom. The van der Waals surface area contributed by atoms with Crippen LogP contribution in [0.1, 0.15) is 56.2 Å². The summed E-state index contributed by atoms with van der Waals surface area (Å²) in [5, 5.41) is 16.8. The smallest absolute Gasteiger partial charge is 0.407 e. The van der Waals surface area contributed by atoms with Gasteiger partial charge in [-0.3, -0.25) is 14.9 Å². The Balaban J connectivity index is 1.18. The number of benzene rings is 4. The van der Waals surface area contributed by atoms with E-state index in [1.807, 2.05) is 80.6 Å². The summed E-state index contributed by atoms with van der Waals surface area (Å²) in [4.78, 5) is 35.9. The second-order valence-electron chi connectivity index (χ2n) is 14.5. The van der Waals surface area contributed by atoms with Gasteiger partial charge in [-0.25, -0.2) is 13.2 Å². The lowest BCUT2D eigenvalue weighted by molar-refractivity contribution is -0.384. The van der Waals surface area contributed by atoms with Crippen molar-refractivity contribution in [3.8, 4) is 17.2 Å². The average Bonchev–Trinajstić information content (AvgIpc) is 3.22. The van der Waals surface area contributed by atoms with Crippen LogP contribution in [0.2, 0.25) is 0 Å². The molecule has 4 aromatic rings. The topological polar surface area (TPSA) is 176 Å². The molecule has 318 valence electrons. The maximum absolute atomic E-state index is 13.6. The summed E-state index contributed by atoms with van der Waals surface area (Å²) in [6, 6.07) is 27.7. The van der Waals surface area contributed by atoms with Gasteiger partial charge in [0, 0.05) is 37.7 Å². The van der Waals surface area contributed by atoms with E-state index in [0.29, 0.717) is 37.5 Å². The molecule has 4 aromatic carbocycles. The number of non-ortho nitro benzene ring substituents is 1. The number of alkyl carbamates (subject to hydrolysis) is 1. The maximum atomic E-state index is 13.6. The Hall–Kier alpha value is -5.67. The van der Waals surface area contributed by atoms with Gasteiger partial charge in [0.25, 0.3) is 5.69 Å². The standard InChI is InChI=1S/C44H56N4O10S/c1-33(2)32-47(59(53,54)40-21-19-38(20-22-40)48(51)52)26-24-37(29-34-11-6-5-7-12-34)46-44(50)58-27-10-17-43(49)45-25-28-57-39-16-9-15-35(30-39)13-8-14-36-18-23-41(55-3)42(31-36)56-4/h5-7,9,11-12,15-16,18-23,30-31,33,37H,8,10,13-14,17,24-29,32H2,1-4H3,(H,45,49)(H,46,50)/t37-/m1/s1. The van der Waals surface area contributed by atoms with Crippen LogP contribution in [0.5, 0.6) is 17.2 Å². The molecule has 59 heavy (non-hydrogen) atoms. The molecule has 0 aliphatic rings. The third kappa shape index (κ3) is 15.5. The van der Waals surface area contributed by atoms with E-state index in [1.54, 1.807) is 14.2 Å². The van der Waals surface area contributed by atoms with Crippen LogP contribution in [0.3, 0.4) is 0 Å². The molecule has 0 radical (unpaired) electrons. The second kappa shape index (κ2) is 23.7. The molecule has 0 aromatic heterocycles. The third-order valence-electron chi connectivity index (χ3n) is 9.38. The molecule has 0 fully saturated rings. The number of sulfonamides is 1. The summed E-state index contributed by atoms with van der Waals surface area (Å²) < 4.78 is 50.6. The monoisotopic (exact) mass is 832 g/mol. The number of rotatable bonds is 25. The van der Waals surface area contributed by atoms with E-state index in [1.165, 1.54) is 34.1 Å². The Bertz CT molecular complexity index is 2050. The van der Waals surface area contributed by atoms with Crippen molar-refractivity contribution in [3.63, 3.8) is 0 Å². The van der Waals surface area contributed by atoms with Crippen LogP contribution >= 0.6 is 0 Å². The highest BCUT2D eigenvalue weighted by Gasteiger charge is 2.27. The molecule has 14 nitrogen and oxygen atoms in total. The highest BCUT2D eigenvalue weighted by atomic mass is 32.2. The molecule has 1 atom stereocenters. The van der Waals surface area contributed by atoms with Crippen molar-refractivity contribution in [1.29, 1.82) is 0 Å². The average molecular weight is 833 g/mol. The van der Waals surface area contributed by atoms with Crippen LogP contribution in [-0.4, -0.2) is 82.8 Å². The predicted molar refractivity (Wildman–Crippen MR) is 225 cm³/mol. The van der Waals surface area contributed by atoms with Gasteiger partial charge < -0.3 is 29.6 Å². The summed E-state index contributed by atoms with van der Waals surface area (Å²) in [5.41, 5.74) is 3.07. The minimum atomic E-state index is -3.99. The molecule has 4 rings (SSSR count). The number of methoxy groups -OCH3 is 2. The number of amides is 2. The van der Waals surface area contributed by atoms with Gasteiger partial charge in [-0.05, 0) is 97.5 Å². The zero-order valence-corrected chi connectivity index (χ0v) is 35.1. The van der Waals surface area contributed by atoms with E-state index < -0.39 is 27.1 Å². The first-order valence-corrected chi connectivity index (χ1v) is 21.2. The Morgan fingerprint density at radius 1 is 0.814 bits per heavy atom. The van der Waals surface area contributed by atoms with Gasteiger partial charge in [0.15, 0.2) is 11.5 Å². The normalized spacial score (nSPS) is 11.8. The van der Waals surface area contributed by atoms with Crippen LogP contribution in [0.15, 0.2) is 102 Å². The van der Waals surface area contributed by atoms with Crippen LogP contribution < -0.4 is 24.8 Å². The number of nitro groups is 1. The Morgan fingerprint density at radius 2 is 1.51 bits per heavy atom. The SMILES string of the molecule is COc1ccc(CCCc2cccc(OCCNC(=O)CCCOC(=O)N[C@H](CCN(CC(C)C)S(=O)(=O)c3ccc([N+](=O)[O-])cc3)Cc3ccccc3)c2)cc1OC. The van der Waals surface area contributed by atoms with Crippen molar-refractivity contribution in [2.75, 3.05) is 47.1 Å². The third-order valence-corrected chi connectivity index (χ3v) is 11.3. The number of hydrogen-bond donors (Lipinski definition) is 2. The Labute approximate surface area is 347 Å². The van der Waals surface area contributed by atoms with E-state index in [4.69, 9.17) is 18.9 Å². The quantitative estimate of drug-likeness (QED) is 0.0397. The fourth-order valence-electron chi connectivity index (χ4n) is 6.41. The molecule has 0 heterocycles. The number of carbonyl (C=O) groups is 2. The maximum Gasteiger partial charge on any atom is 0.407 e. The molecule has 0 unspecified atom stereocenters. The molecule has 0 aliphatic carbocycles. The van der Waals surface area contributed by atoms with Gasteiger partial charge in [-0.2, -0.15) is 4.31 Å². The number of hydrogen-bond acceptors (Lipinski definition) is 10. The lowest BCUT2D eigenvalue weighted by Crippen LogP contribution is -2.42. The molecule has 15 heteroatoms. The lowest BCUT2D eigenvalue weighted by atomic mass is 10.0. The molecule has 0 saturated heterocycles. The highest BCUT2D eigenvalue weighted by molar-refractivity contribution is 7.89. The van der Waals surface area contributed by atoms with Gasteiger partial charge in [-0.1, -0.05) is 62.4 Å². The van der Waals surface area contributed by atoms with Crippen molar-refractivity contribution in [3.05, 3.63) is 124 Å². The molecular formula is C44H56N4O10S. The number of nitrogens with one attached hydrogen (secondary N) is 2. The van der Waals surface area contributed by atoms with Gasteiger partial charge in [0.2, 0.25) is 15.9 Å². The van der Waals surface area contributed by atoms with Gasteiger partial charge >= 0.3 is 6.09 Å². The summed E-state index contributed by atoms with van der Waals surface area (Å²) in [6.45, 7) is 4.73. The zero-order valence-electron chi connectivity index (χ0n) is 34.3. The number of nitro benzene ring substituents is 1. The van der Waals surface area contributed by atoms with Crippen molar-refractivity contribution in [2.45, 2.75) is 69.7 Å². The summed E-state index contributed by atoms with van der Waals surface area (Å²) in [7, 11) is -0.738. The molecule has 2 N–H and O–H groups in total. The molecule has 0 saturated carbocycles. The molecule has 0 bridgehead atoms. The predicted octanol–water partition coefficient (Wildman–Crippen LogP) is 7.14. The first kappa shape index (κ1) is 46.0. The molecule has 0 spiro atoms. The van der Waals surface area contributed by atoms with E-state index in [0.717, 1.165) is 36.1 Å². The fraction of sp³-hybridized carbons (Fsp3) is 0.409. The van der Waals surface area contributed by atoms with Crippen LogP contribution in [0.4, 0.5) is 10.5 Å². The van der Waals surface area contributed by atoms with Gasteiger partial charge in [-0.15, -0.1) is 0 Å². The molecular weight excluding hydrogens is 777 g/mol. The van der Waals surface area contributed by atoms with Crippen LogP contribution in [0, 0.1) is 16.0 Å². The number of aryl methyl sites for hydroxylation is 2. The fourth-order valence-corrected chi connectivity index (χ4v) is 8.02. The van der Waals surface area contributed by atoms with Crippen molar-refractivity contribution < 1.29 is 41.9 Å². The number of carbonyl (C=O) groups excluding carboxylic acids is 2.